The molecule has 4 fully saturated rings. The highest BCUT2D eigenvalue weighted by atomic mass is 35.5. The van der Waals surface area contributed by atoms with Crippen LogP contribution in [-0.4, -0.2) is 16.1 Å². The third-order valence-corrected chi connectivity index (χ3v) is 6.62. The summed E-state index contributed by atoms with van der Waals surface area (Å²) in [5.74, 6) is 2.88. The van der Waals surface area contributed by atoms with E-state index in [0.717, 1.165) is 24.8 Å². The van der Waals surface area contributed by atoms with Gasteiger partial charge in [-0.15, -0.1) is 0 Å². The summed E-state index contributed by atoms with van der Waals surface area (Å²) in [6.45, 7) is 0.0428. The van der Waals surface area contributed by atoms with Crippen LogP contribution in [0.2, 0.25) is 5.02 Å². The molecule has 1 aromatic carbocycles. The minimum Gasteiger partial charge on any atom is -0.455 e. The first-order chi connectivity index (χ1) is 12.6. The second kappa shape index (κ2) is 6.08. The van der Waals surface area contributed by atoms with Gasteiger partial charge in [0.25, 0.3) is 5.89 Å². The van der Waals surface area contributed by atoms with Crippen molar-refractivity contribution >= 4 is 17.6 Å². The van der Waals surface area contributed by atoms with Gasteiger partial charge >= 0.3 is 5.97 Å². The molecule has 0 unspecified atom stereocenters. The van der Waals surface area contributed by atoms with Crippen molar-refractivity contribution in [2.45, 2.75) is 45.1 Å². The summed E-state index contributed by atoms with van der Waals surface area (Å²) >= 11 is 5.90. The first-order valence-corrected chi connectivity index (χ1v) is 9.73. The number of hydrogen-bond acceptors (Lipinski definition) is 5. The highest BCUT2D eigenvalue weighted by Gasteiger charge is 2.55. The number of rotatable bonds is 4. The van der Waals surface area contributed by atoms with Crippen LogP contribution in [0.3, 0.4) is 0 Å². The van der Waals surface area contributed by atoms with Gasteiger partial charge in [0.05, 0.1) is 5.41 Å². The van der Waals surface area contributed by atoms with E-state index in [-0.39, 0.29) is 18.0 Å². The van der Waals surface area contributed by atoms with E-state index in [1.807, 2.05) is 12.1 Å². The largest absolute Gasteiger partial charge is 0.455 e. The minimum absolute atomic E-state index is 0.0428. The molecule has 2 aromatic rings. The molecule has 0 saturated heterocycles. The van der Waals surface area contributed by atoms with Crippen molar-refractivity contribution < 1.29 is 14.1 Å². The summed E-state index contributed by atoms with van der Waals surface area (Å²) < 4.78 is 10.9. The smallest absolute Gasteiger partial charge is 0.312 e. The highest BCUT2D eigenvalue weighted by Crippen LogP contribution is 2.60. The molecule has 136 valence electrons. The van der Waals surface area contributed by atoms with Crippen molar-refractivity contribution in [2.75, 3.05) is 0 Å². The Kier molecular flexibility index (Phi) is 3.82. The lowest BCUT2D eigenvalue weighted by atomic mass is 9.49. The third kappa shape index (κ3) is 2.82. The fourth-order valence-corrected chi connectivity index (χ4v) is 5.80. The Morgan fingerprint density at radius 3 is 2.35 bits per heavy atom. The molecule has 0 N–H and O–H groups in total. The fraction of sp³-hybridized carbons (Fsp3) is 0.550. The van der Waals surface area contributed by atoms with Crippen molar-refractivity contribution in [1.29, 1.82) is 0 Å². The summed E-state index contributed by atoms with van der Waals surface area (Å²) in [5, 5.41) is 4.62. The molecule has 26 heavy (non-hydrogen) atoms. The van der Waals surface area contributed by atoms with Crippen LogP contribution in [0.25, 0.3) is 11.4 Å². The van der Waals surface area contributed by atoms with Crippen LogP contribution in [0.4, 0.5) is 0 Å². The molecule has 4 aliphatic carbocycles. The first kappa shape index (κ1) is 16.3. The molecule has 0 spiro atoms. The molecule has 4 saturated carbocycles. The van der Waals surface area contributed by atoms with Crippen molar-refractivity contribution in [3.8, 4) is 11.4 Å². The molecular weight excluding hydrogens is 352 g/mol. The normalized spacial score (nSPS) is 32.0. The molecule has 4 aliphatic rings. The zero-order valence-corrected chi connectivity index (χ0v) is 15.2. The zero-order valence-electron chi connectivity index (χ0n) is 14.5. The SMILES string of the molecule is O=C(OCc1nc(-c2ccc(Cl)cc2)no1)C12CC3CC(CC(C3)C1)C2. The van der Waals surface area contributed by atoms with Gasteiger partial charge in [-0.2, -0.15) is 4.98 Å². The standard InChI is InChI=1S/C20H21ClN2O3/c21-16-3-1-15(2-4-16)18-22-17(26-23-18)11-25-19(24)20-8-12-5-13(9-20)7-14(6-12)10-20/h1-4,12-14H,5-11H2. The number of nitrogens with zero attached hydrogens (tertiary/aromatic N) is 2. The van der Waals surface area contributed by atoms with Crippen LogP contribution in [0.5, 0.6) is 0 Å². The Bertz CT molecular complexity index is 795. The Morgan fingerprint density at radius 1 is 1.12 bits per heavy atom. The quantitative estimate of drug-likeness (QED) is 0.731. The van der Waals surface area contributed by atoms with Gasteiger partial charge < -0.3 is 9.26 Å². The van der Waals surface area contributed by atoms with Crippen LogP contribution in [0.15, 0.2) is 28.8 Å². The summed E-state index contributed by atoms with van der Waals surface area (Å²) in [7, 11) is 0. The predicted octanol–water partition coefficient (Wildman–Crippen LogP) is 4.65. The second-order valence-corrected chi connectivity index (χ2v) is 8.73. The van der Waals surface area contributed by atoms with Crippen molar-refractivity contribution in [2.24, 2.45) is 23.2 Å². The molecular formula is C20H21ClN2O3. The van der Waals surface area contributed by atoms with E-state index < -0.39 is 0 Å². The average Bonchev–Trinajstić information content (AvgIpc) is 3.08. The van der Waals surface area contributed by atoms with Crippen LogP contribution in [-0.2, 0) is 16.1 Å². The Balaban J connectivity index is 1.25. The molecule has 0 amide bonds. The van der Waals surface area contributed by atoms with Crippen LogP contribution >= 0.6 is 11.6 Å². The van der Waals surface area contributed by atoms with Gasteiger partial charge in [0, 0.05) is 10.6 Å². The zero-order chi connectivity index (χ0) is 17.7. The molecule has 0 atom stereocenters. The lowest BCUT2D eigenvalue weighted by Crippen LogP contribution is -2.50. The van der Waals surface area contributed by atoms with Gasteiger partial charge in [0.2, 0.25) is 5.82 Å². The first-order valence-electron chi connectivity index (χ1n) is 9.35. The molecule has 6 heteroatoms. The van der Waals surface area contributed by atoms with Crippen molar-refractivity contribution in [3.63, 3.8) is 0 Å². The number of benzene rings is 1. The Hall–Kier alpha value is -1.88. The number of halogens is 1. The summed E-state index contributed by atoms with van der Waals surface area (Å²) in [4.78, 5) is 17.2. The predicted molar refractivity (Wildman–Crippen MR) is 95.1 cm³/mol. The maximum absolute atomic E-state index is 12.9. The molecule has 6 rings (SSSR count). The van der Waals surface area contributed by atoms with Gasteiger partial charge in [0.15, 0.2) is 6.61 Å². The molecule has 1 aromatic heterocycles. The van der Waals surface area contributed by atoms with E-state index >= 15 is 0 Å². The van der Waals surface area contributed by atoms with E-state index in [0.29, 0.717) is 34.5 Å². The maximum atomic E-state index is 12.9. The minimum atomic E-state index is -0.256. The number of aromatic nitrogens is 2. The van der Waals surface area contributed by atoms with Gasteiger partial charge in [-0.05, 0) is 80.5 Å². The molecule has 5 nitrogen and oxygen atoms in total. The second-order valence-electron chi connectivity index (χ2n) is 8.29. The Morgan fingerprint density at radius 2 is 1.73 bits per heavy atom. The number of carbonyl (C=O) groups is 1. The molecule has 1 heterocycles. The summed E-state index contributed by atoms with van der Waals surface area (Å²) in [6, 6.07) is 7.22. The van der Waals surface area contributed by atoms with Crippen LogP contribution < -0.4 is 0 Å². The van der Waals surface area contributed by atoms with Crippen LogP contribution in [0.1, 0.15) is 44.4 Å². The molecule has 4 bridgehead atoms. The van der Waals surface area contributed by atoms with E-state index in [2.05, 4.69) is 10.1 Å². The number of hydrogen-bond donors (Lipinski definition) is 0. The van der Waals surface area contributed by atoms with Crippen molar-refractivity contribution in [1.82, 2.24) is 10.1 Å². The number of ether oxygens (including phenoxy) is 1. The lowest BCUT2D eigenvalue weighted by Gasteiger charge is -2.55. The van der Waals surface area contributed by atoms with E-state index in [1.165, 1.54) is 19.3 Å². The van der Waals surface area contributed by atoms with Gasteiger partial charge in [0.1, 0.15) is 0 Å². The van der Waals surface area contributed by atoms with Gasteiger partial charge in [-0.25, -0.2) is 0 Å². The van der Waals surface area contributed by atoms with Crippen molar-refractivity contribution in [3.05, 3.63) is 35.2 Å². The summed E-state index contributed by atoms with van der Waals surface area (Å²) in [5.41, 5.74) is 0.560. The fourth-order valence-electron chi connectivity index (χ4n) is 5.67. The lowest BCUT2D eigenvalue weighted by molar-refractivity contribution is -0.173. The van der Waals surface area contributed by atoms with E-state index in [4.69, 9.17) is 20.9 Å². The third-order valence-electron chi connectivity index (χ3n) is 6.37. The van der Waals surface area contributed by atoms with E-state index in [1.54, 1.807) is 12.1 Å². The highest BCUT2D eigenvalue weighted by molar-refractivity contribution is 6.30. The van der Waals surface area contributed by atoms with Gasteiger partial charge in [-0.3, -0.25) is 4.79 Å². The molecule has 0 aliphatic heterocycles. The summed E-state index contributed by atoms with van der Waals surface area (Å²) in [6.07, 6.45) is 6.91. The Labute approximate surface area is 157 Å². The van der Waals surface area contributed by atoms with E-state index in [9.17, 15) is 4.79 Å². The number of esters is 1. The number of carbonyl (C=O) groups excluding carboxylic acids is 1. The topological polar surface area (TPSA) is 65.2 Å². The monoisotopic (exact) mass is 372 g/mol. The van der Waals surface area contributed by atoms with Gasteiger partial charge in [-0.1, -0.05) is 16.8 Å². The molecule has 0 radical (unpaired) electrons. The average molecular weight is 373 g/mol. The van der Waals surface area contributed by atoms with Crippen LogP contribution in [0, 0.1) is 23.2 Å². The maximum Gasteiger partial charge on any atom is 0.312 e.